The van der Waals surface area contributed by atoms with E-state index < -0.39 is 5.60 Å². The lowest BCUT2D eigenvalue weighted by atomic mass is 9.99. The number of carbonyl (C=O) groups excluding carboxylic acids is 1. The van der Waals surface area contributed by atoms with Crippen LogP contribution in [0.1, 0.15) is 37.9 Å². The summed E-state index contributed by atoms with van der Waals surface area (Å²) in [7, 11) is 0. The summed E-state index contributed by atoms with van der Waals surface area (Å²) in [6, 6.07) is 0. The van der Waals surface area contributed by atoms with E-state index in [1.54, 1.807) is 20.0 Å². The Morgan fingerprint density at radius 3 is 2.67 bits per heavy atom. The van der Waals surface area contributed by atoms with Gasteiger partial charge in [-0.05, 0) is 39.5 Å². The van der Waals surface area contributed by atoms with Gasteiger partial charge in [0.1, 0.15) is 17.6 Å². The van der Waals surface area contributed by atoms with Crippen molar-refractivity contribution in [2.45, 2.75) is 39.2 Å². The number of rotatable bonds is 2. The van der Waals surface area contributed by atoms with Gasteiger partial charge in [0.15, 0.2) is 0 Å². The number of piperidine rings is 1. The zero-order chi connectivity index (χ0) is 15.5. The molecule has 0 amide bonds. The summed E-state index contributed by atoms with van der Waals surface area (Å²) >= 11 is 0. The van der Waals surface area contributed by atoms with E-state index in [4.69, 9.17) is 0 Å². The molecule has 21 heavy (non-hydrogen) atoms. The first-order chi connectivity index (χ1) is 9.89. The Labute approximate surface area is 125 Å². The Morgan fingerprint density at radius 2 is 2.10 bits per heavy atom. The molecule has 0 spiro atoms. The van der Waals surface area contributed by atoms with Gasteiger partial charge in [-0.25, -0.2) is 9.97 Å². The maximum atomic E-state index is 10.8. The van der Waals surface area contributed by atoms with E-state index in [9.17, 15) is 9.90 Å². The maximum absolute atomic E-state index is 10.8. The number of aldehydes is 1. The van der Waals surface area contributed by atoms with Crippen molar-refractivity contribution in [3.63, 3.8) is 0 Å². The lowest BCUT2D eigenvalue weighted by molar-refractivity contribution is -0.111. The summed E-state index contributed by atoms with van der Waals surface area (Å²) in [6.07, 6.45) is 4.47. The average molecular weight is 287 g/mol. The number of anilines is 1. The Bertz CT molecular complexity index is 573. The van der Waals surface area contributed by atoms with E-state index in [0.717, 1.165) is 37.8 Å². The molecule has 5 heteroatoms. The fourth-order valence-electron chi connectivity index (χ4n) is 2.16. The molecule has 1 N–H and O–H groups in total. The summed E-state index contributed by atoms with van der Waals surface area (Å²) in [5, 5.41) is 9.68. The lowest BCUT2D eigenvalue weighted by Gasteiger charge is -2.29. The molecule has 1 aromatic heterocycles. The van der Waals surface area contributed by atoms with E-state index in [1.807, 2.05) is 6.92 Å². The smallest absolute Gasteiger partial charge is 0.226 e. The van der Waals surface area contributed by atoms with Crippen LogP contribution in [-0.4, -0.2) is 40.1 Å². The Balaban J connectivity index is 2.19. The topological polar surface area (TPSA) is 66.3 Å². The molecule has 1 aliphatic rings. The third-order valence-electron chi connectivity index (χ3n) is 3.46. The Morgan fingerprint density at radius 1 is 1.43 bits per heavy atom. The maximum Gasteiger partial charge on any atom is 0.226 e. The first kappa shape index (κ1) is 15.5. The second kappa shape index (κ2) is 6.23. The molecule has 1 fully saturated rings. The number of aromatic nitrogens is 2. The molecule has 0 unspecified atom stereocenters. The predicted octanol–water partition coefficient (Wildman–Crippen LogP) is 1.32. The number of aliphatic hydroxyl groups is 1. The van der Waals surface area contributed by atoms with Gasteiger partial charge < -0.3 is 14.8 Å². The van der Waals surface area contributed by atoms with Gasteiger partial charge in [-0.2, -0.15) is 0 Å². The van der Waals surface area contributed by atoms with E-state index in [-0.39, 0.29) is 5.92 Å². The number of carbonyl (C=O) groups is 1. The van der Waals surface area contributed by atoms with Crippen LogP contribution in [0.15, 0.2) is 6.20 Å². The van der Waals surface area contributed by atoms with Gasteiger partial charge in [0.2, 0.25) is 5.95 Å². The van der Waals surface area contributed by atoms with Crippen LogP contribution in [0.4, 0.5) is 5.95 Å². The third-order valence-corrected chi connectivity index (χ3v) is 3.46. The Kier molecular flexibility index (Phi) is 4.59. The van der Waals surface area contributed by atoms with Crippen molar-refractivity contribution in [1.82, 2.24) is 9.97 Å². The minimum Gasteiger partial charge on any atom is -0.378 e. The van der Waals surface area contributed by atoms with Crippen molar-refractivity contribution >= 4 is 12.2 Å². The van der Waals surface area contributed by atoms with E-state index in [0.29, 0.717) is 11.6 Å². The SMILES string of the molecule is Cc1cnc(N2CCC(C=O)CC2)nc1C#CC(C)(C)O. The van der Waals surface area contributed by atoms with Gasteiger partial charge in [0.05, 0.1) is 0 Å². The van der Waals surface area contributed by atoms with Crippen LogP contribution in [-0.2, 0) is 4.79 Å². The average Bonchev–Trinajstić information content (AvgIpc) is 2.46. The second-order valence-electron chi connectivity index (χ2n) is 5.97. The quantitative estimate of drug-likeness (QED) is 0.656. The van der Waals surface area contributed by atoms with Crippen LogP contribution in [0.25, 0.3) is 0 Å². The van der Waals surface area contributed by atoms with E-state index in [2.05, 4.69) is 26.7 Å². The summed E-state index contributed by atoms with van der Waals surface area (Å²) in [5.74, 6) is 6.49. The first-order valence-electron chi connectivity index (χ1n) is 7.18. The highest BCUT2D eigenvalue weighted by Crippen LogP contribution is 2.19. The lowest BCUT2D eigenvalue weighted by Crippen LogP contribution is -2.35. The van der Waals surface area contributed by atoms with Gasteiger partial charge >= 0.3 is 0 Å². The number of aryl methyl sites for hydroxylation is 1. The normalized spacial score (nSPS) is 16.3. The zero-order valence-corrected chi connectivity index (χ0v) is 12.8. The largest absolute Gasteiger partial charge is 0.378 e. The fraction of sp³-hybridized carbons (Fsp3) is 0.562. The van der Waals surface area contributed by atoms with Crippen LogP contribution in [0, 0.1) is 24.7 Å². The van der Waals surface area contributed by atoms with Crippen LogP contribution in [0.2, 0.25) is 0 Å². The highest BCUT2D eigenvalue weighted by molar-refractivity contribution is 5.54. The molecule has 0 radical (unpaired) electrons. The standard InChI is InChI=1S/C16H21N3O2/c1-12-10-17-15(18-14(12)4-7-16(2,3)21)19-8-5-13(11-20)6-9-19/h10-11,13,21H,5-6,8-9H2,1-3H3. The van der Waals surface area contributed by atoms with Gasteiger partial charge in [0, 0.05) is 30.8 Å². The van der Waals surface area contributed by atoms with E-state index in [1.165, 1.54) is 0 Å². The fourth-order valence-corrected chi connectivity index (χ4v) is 2.16. The highest BCUT2D eigenvalue weighted by Gasteiger charge is 2.20. The van der Waals surface area contributed by atoms with Crippen LogP contribution in [0.5, 0.6) is 0 Å². The van der Waals surface area contributed by atoms with Crippen molar-refractivity contribution in [2.75, 3.05) is 18.0 Å². The van der Waals surface area contributed by atoms with Crippen molar-refractivity contribution < 1.29 is 9.90 Å². The summed E-state index contributed by atoms with van der Waals surface area (Å²) in [4.78, 5) is 21.7. The minimum absolute atomic E-state index is 0.154. The molecule has 112 valence electrons. The van der Waals surface area contributed by atoms with Gasteiger partial charge in [-0.3, -0.25) is 0 Å². The van der Waals surface area contributed by atoms with Crippen molar-refractivity contribution in [3.8, 4) is 11.8 Å². The van der Waals surface area contributed by atoms with Gasteiger partial charge in [-0.15, -0.1) is 0 Å². The summed E-state index contributed by atoms with van der Waals surface area (Å²) < 4.78 is 0. The van der Waals surface area contributed by atoms with Gasteiger partial charge in [0.25, 0.3) is 0 Å². The molecule has 2 rings (SSSR count). The molecule has 1 saturated heterocycles. The van der Waals surface area contributed by atoms with E-state index >= 15 is 0 Å². The minimum atomic E-state index is -1.04. The zero-order valence-electron chi connectivity index (χ0n) is 12.8. The molecule has 0 bridgehead atoms. The molecule has 0 aromatic carbocycles. The molecule has 0 saturated carbocycles. The van der Waals surface area contributed by atoms with Crippen LogP contribution < -0.4 is 4.90 Å². The van der Waals surface area contributed by atoms with Crippen LogP contribution >= 0.6 is 0 Å². The molecule has 0 aliphatic carbocycles. The Hall–Kier alpha value is -1.93. The van der Waals surface area contributed by atoms with Crippen molar-refractivity contribution in [3.05, 3.63) is 17.5 Å². The number of hydrogen-bond acceptors (Lipinski definition) is 5. The first-order valence-corrected chi connectivity index (χ1v) is 7.18. The van der Waals surface area contributed by atoms with Crippen molar-refractivity contribution in [1.29, 1.82) is 0 Å². The molecule has 1 aromatic rings. The monoisotopic (exact) mass is 287 g/mol. The second-order valence-corrected chi connectivity index (χ2v) is 5.97. The molecule has 0 atom stereocenters. The highest BCUT2D eigenvalue weighted by atomic mass is 16.3. The molecule has 1 aliphatic heterocycles. The molecule has 5 nitrogen and oxygen atoms in total. The van der Waals surface area contributed by atoms with Gasteiger partial charge in [-0.1, -0.05) is 5.92 Å². The summed E-state index contributed by atoms with van der Waals surface area (Å²) in [5.41, 5.74) is 0.484. The third kappa shape index (κ3) is 4.27. The predicted molar refractivity (Wildman–Crippen MR) is 80.9 cm³/mol. The number of hydrogen-bond donors (Lipinski definition) is 1. The van der Waals surface area contributed by atoms with Crippen molar-refractivity contribution in [2.24, 2.45) is 5.92 Å². The van der Waals surface area contributed by atoms with Crippen LogP contribution in [0.3, 0.4) is 0 Å². The molecule has 2 heterocycles. The number of nitrogens with zero attached hydrogens (tertiary/aromatic N) is 3. The molecular weight excluding hydrogens is 266 g/mol. The summed E-state index contributed by atoms with van der Waals surface area (Å²) in [6.45, 7) is 6.75. The molecular formula is C16H21N3O2.